The second kappa shape index (κ2) is 8.44. The third-order valence-corrected chi connectivity index (χ3v) is 4.76. The van der Waals surface area contributed by atoms with Crippen LogP contribution in [0.5, 0.6) is 0 Å². The van der Waals surface area contributed by atoms with Crippen LogP contribution in [0.2, 0.25) is 0 Å². The first-order valence-corrected chi connectivity index (χ1v) is 8.72. The number of rotatable bonds is 6. The van der Waals surface area contributed by atoms with Gasteiger partial charge in [-0.2, -0.15) is 8.42 Å². The van der Waals surface area contributed by atoms with E-state index in [9.17, 15) is 13.2 Å². The van der Waals surface area contributed by atoms with Gasteiger partial charge in [0.05, 0.1) is 4.90 Å². The Hall–Kier alpha value is -1.85. The van der Waals surface area contributed by atoms with Crippen LogP contribution in [-0.2, 0) is 32.7 Å². The summed E-state index contributed by atoms with van der Waals surface area (Å²) in [7, 11) is -3.57. The summed E-state index contributed by atoms with van der Waals surface area (Å²) in [4.78, 5) is 11.3. The molecule has 0 spiro atoms. The quantitative estimate of drug-likeness (QED) is 0.600. The van der Waals surface area contributed by atoms with Crippen molar-refractivity contribution in [2.24, 2.45) is 3.77 Å². The minimum atomic E-state index is -3.57. The third kappa shape index (κ3) is 5.97. The Morgan fingerprint density at radius 3 is 2.67 bits per heavy atom. The number of hydrogen-bond donors (Lipinski definition) is 2. The molecule has 0 atom stereocenters. The number of nitrogens with zero attached hydrogens (tertiary/aromatic N) is 1. The van der Waals surface area contributed by atoms with Crippen molar-refractivity contribution >= 4 is 27.7 Å². The van der Waals surface area contributed by atoms with Crippen LogP contribution < -0.4 is 5.32 Å². The highest BCUT2D eigenvalue weighted by Gasteiger charge is 2.11. The highest BCUT2D eigenvalue weighted by atomic mass is 32.2. The molecule has 0 aliphatic carbocycles. The lowest BCUT2D eigenvalue weighted by Gasteiger charge is -2.05. The van der Waals surface area contributed by atoms with Gasteiger partial charge < -0.3 is 10.1 Å². The predicted octanol–water partition coefficient (Wildman–Crippen LogP) is 0.906. The maximum atomic E-state index is 11.7. The topological polar surface area (TPSA) is 84.8 Å². The zero-order chi connectivity index (χ0) is 15.7. The molecule has 0 saturated heterocycles. The van der Waals surface area contributed by atoms with Crippen LogP contribution in [0.25, 0.3) is 0 Å². The van der Waals surface area contributed by atoms with Crippen LogP contribution in [0, 0.1) is 12.3 Å². The van der Waals surface area contributed by atoms with Crippen molar-refractivity contribution in [3.63, 3.8) is 0 Å². The lowest BCUT2D eigenvalue weighted by Crippen LogP contribution is -2.26. The van der Waals surface area contributed by atoms with E-state index in [1.165, 1.54) is 12.1 Å². The minimum Gasteiger partial charge on any atom is -0.436 e. The molecule has 0 radical (unpaired) electrons. The lowest BCUT2D eigenvalue weighted by molar-refractivity contribution is 0.160. The summed E-state index contributed by atoms with van der Waals surface area (Å²) in [6.45, 7) is 0.298. The van der Waals surface area contributed by atoms with Crippen molar-refractivity contribution in [3.8, 4) is 12.3 Å². The second-order valence-corrected chi connectivity index (χ2v) is 6.33. The maximum absolute atomic E-state index is 11.7. The molecule has 6 nitrogen and oxygen atoms in total. The number of benzene rings is 1. The molecule has 0 saturated carbocycles. The molecule has 0 aromatic heterocycles. The summed E-state index contributed by atoms with van der Waals surface area (Å²) < 4.78 is 31.5. The summed E-state index contributed by atoms with van der Waals surface area (Å²) in [6, 6.07) is 6.36. The summed E-state index contributed by atoms with van der Waals surface area (Å²) in [6.07, 6.45) is 6.57. The predicted molar refractivity (Wildman–Crippen MR) is 82.6 cm³/mol. The molecule has 0 bridgehead atoms. The van der Waals surface area contributed by atoms with Crippen molar-refractivity contribution in [3.05, 3.63) is 29.8 Å². The summed E-state index contributed by atoms with van der Waals surface area (Å²) in [5.74, 6) is 2.19. The normalized spacial score (nSPS) is 11.4. The number of alkyl carbamates (subject to hydrolysis) is 1. The third-order valence-electron chi connectivity index (χ3n) is 2.38. The van der Waals surface area contributed by atoms with Gasteiger partial charge >= 0.3 is 6.09 Å². The molecular formula is C13H16N2O4S2. The van der Waals surface area contributed by atoms with E-state index < -0.39 is 16.1 Å². The van der Waals surface area contributed by atoms with E-state index in [4.69, 9.17) is 6.42 Å². The number of terminal acetylenes is 1. The van der Waals surface area contributed by atoms with Crippen LogP contribution in [0.15, 0.2) is 32.9 Å². The van der Waals surface area contributed by atoms with Gasteiger partial charge in [0.15, 0.2) is 6.61 Å². The molecule has 0 fully saturated rings. The number of nitrogens with one attached hydrogen (secondary N) is 1. The van der Waals surface area contributed by atoms with E-state index >= 15 is 0 Å². The van der Waals surface area contributed by atoms with Gasteiger partial charge in [-0.15, -0.1) is 10.2 Å². The lowest BCUT2D eigenvalue weighted by atomic mass is 10.1. The van der Waals surface area contributed by atoms with E-state index in [0.29, 0.717) is 24.5 Å². The molecule has 21 heavy (non-hydrogen) atoms. The fourth-order valence-corrected chi connectivity index (χ4v) is 3.17. The molecule has 0 aliphatic rings. The zero-order valence-corrected chi connectivity index (χ0v) is 13.2. The average Bonchev–Trinajstić information content (AvgIpc) is 2.45. The summed E-state index contributed by atoms with van der Waals surface area (Å²) >= 11 is 0.442. The van der Waals surface area contributed by atoms with Crippen molar-refractivity contribution in [2.45, 2.75) is 11.3 Å². The Bertz CT molecular complexity index is 646. The molecule has 114 valence electrons. The van der Waals surface area contributed by atoms with Crippen molar-refractivity contribution in [1.82, 2.24) is 5.32 Å². The van der Waals surface area contributed by atoms with E-state index in [0.717, 1.165) is 5.56 Å². The largest absolute Gasteiger partial charge is 0.436 e. The van der Waals surface area contributed by atoms with Crippen LogP contribution in [0.1, 0.15) is 5.56 Å². The first-order valence-electron chi connectivity index (χ1n) is 5.98. The standard InChI is InChI=1S/C13H16N2O4S2/c1-3-10-19-13(16)14-9-8-11-4-6-12(7-5-11)21(17,18)15-20-2/h1,4-7,20H,8-10H2,2H3,(H,14,16). The molecule has 0 heterocycles. The fraction of sp³-hybridized carbons (Fsp3) is 0.308. The molecule has 1 rings (SSSR count). The Morgan fingerprint density at radius 1 is 1.43 bits per heavy atom. The molecule has 1 aromatic rings. The zero-order valence-electron chi connectivity index (χ0n) is 11.4. The van der Waals surface area contributed by atoms with Crippen LogP contribution in [-0.4, -0.2) is 33.9 Å². The highest BCUT2D eigenvalue weighted by molar-refractivity contribution is 7.94. The molecule has 8 heteroatoms. The van der Waals surface area contributed by atoms with Gasteiger partial charge in [-0.3, -0.25) is 0 Å². The SMILES string of the molecule is C#CCOC(=O)NCCc1ccc(S(=O)(=O)N=[SH]C)cc1. The Morgan fingerprint density at radius 2 is 2.10 bits per heavy atom. The Kier molecular flexibility index (Phi) is 6.91. The van der Waals surface area contributed by atoms with Crippen LogP contribution in [0.4, 0.5) is 4.79 Å². The Balaban J connectivity index is 2.53. The highest BCUT2D eigenvalue weighted by Crippen LogP contribution is 2.13. The molecule has 1 aromatic carbocycles. The summed E-state index contributed by atoms with van der Waals surface area (Å²) in [5, 5.41) is 2.54. The number of ether oxygens (including phenoxy) is 1. The Labute approximate surface area is 128 Å². The van der Waals surface area contributed by atoms with E-state index in [2.05, 4.69) is 19.7 Å². The second-order valence-electron chi connectivity index (χ2n) is 3.86. The fourth-order valence-electron chi connectivity index (χ4n) is 1.45. The van der Waals surface area contributed by atoms with Crippen LogP contribution in [0.3, 0.4) is 0 Å². The van der Waals surface area contributed by atoms with Gasteiger partial charge in [0.1, 0.15) is 0 Å². The first kappa shape index (κ1) is 17.2. The summed E-state index contributed by atoms with van der Waals surface area (Å²) in [5.41, 5.74) is 0.889. The van der Waals surface area contributed by atoms with Gasteiger partial charge in [0.25, 0.3) is 10.0 Å². The van der Waals surface area contributed by atoms with Gasteiger partial charge in [-0.1, -0.05) is 29.6 Å². The average molecular weight is 328 g/mol. The molecule has 0 unspecified atom stereocenters. The number of carbonyl (C=O) groups is 1. The van der Waals surface area contributed by atoms with Gasteiger partial charge in [0.2, 0.25) is 0 Å². The van der Waals surface area contributed by atoms with E-state index in [1.807, 2.05) is 0 Å². The first-order chi connectivity index (χ1) is 9.99. The van der Waals surface area contributed by atoms with Gasteiger partial charge in [-0.05, 0) is 30.4 Å². The minimum absolute atomic E-state index is 0.0708. The van der Waals surface area contributed by atoms with E-state index in [1.54, 1.807) is 18.4 Å². The van der Waals surface area contributed by atoms with E-state index in [-0.39, 0.29) is 11.5 Å². The number of amides is 1. The van der Waals surface area contributed by atoms with Crippen LogP contribution >= 0.6 is 0 Å². The molecular weight excluding hydrogens is 312 g/mol. The number of thiol groups is 1. The van der Waals surface area contributed by atoms with Crippen molar-refractivity contribution in [2.75, 3.05) is 19.4 Å². The molecule has 0 aliphatic heterocycles. The molecule has 1 N–H and O–H groups in total. The number of hydrogen-bond acceptors (Lipinski definition) is 4. The maximum Gasteiger partial charge on any atom is 0.408 e. The van der Waals surface area contributed by atoms with Gasteiger partial charge in [0, 0.05) is 6.54 Å². The number of carbonyl (C=O) groups excluding carboxylic acids is 1. The smallest absolute Gasteiger partial charge is 0.408 e. The number of sulfonamides is 1. The van der Waals surface area contributed by atoms with Crippen molar-refractivity contribution in [1.29, 1.82) is 0 Å². The molecule has 1 amide bonds. The van der Waals surface area contributed by atoms with Crippen molar-refractivity contribution < 1.29 is 17.9 Å². The van der Waals surface area contributed by atoms with Gasteiger partial charge in [-0.25, -0.2) is 4.79 Å². The monoisotopic (exact) mass is 328 g/mol.